The first-order chi connectivity index (χ1) is 14.0. The van der Waals surface area contributed by atoms with Crippen molar-refractivity contribution < 1.29 is 35.9 Å². The van der Waals surface area contributed by atoms with E-state index in [1.165, 1.54) is 11.9 Å². The zero-order chi connectivity index (χ0) is 22.4. The van der Waals surface area contributed by atoms with E-state index in [0.717, 1.165) is 18.2 Å². The van der Waals surface area contributed by atoms with Crippen molar-refractivity contribution in [3.63, 3.8) is 0 Å². The Morgan fingerprint density at radius 2 is 1.73 bits per heavy atom. The van der Waals surface area contributed by atoms with Gasteiger partial charge in [0.2, 0.25) is 10.0 Å². The maximum atomic E-state index is 12.7. The molecule has 2 aromatic rings. The van der Waals surface area contributed by atoms with Crippen molar-refractivity contribution in [2.45, 2.75) is 17.5 Å². The van der Waals surface area contributed by atoms with Crippen LogP contribution in [0.5, 0.6) is 0 Å². The van der Waals surface area contributed by atoms with Crippen molar-refractivity contribution in [1.29, 1.82) is 0 Å². The maximum absolute atomic E-state index is 12.7. The van der Waals surface area contributed by atoms with Crippen LogP contribution < -0.4 is 9.62 Å². The van der Waals surface area contributed by atoms with Gasteiger partial charge < -0.3 is 9.64 Å². The SMILES string of the molecule is CN(C(=O)COC(=O)CCNS(=O)(=O)c1cccc(C(F)(F)F)c1)c1ccccc1. The van der Waals surface area contributed by atoms with Crippen molar-refractivity contribution in [3.05, 3.63) is 60.2 Å². The number of sulfonamides is 1. The fourth-order valence-corrected chi connectivity index (χ4v) is 3.39. The summed E-state index contributed by atoms with van der Waals surface area (Å²) in [5.41, 5.74) is -0.502. The number of para-hydroxylation sites is 1. The van der Waals surface area contributed by atoms with Crippen LogP contribution in [0.4, 0.5) is 18.9 Å². The first-order valence-corrected chi connectivity index (χ1v) is 10.1. The number of hydrogen-bond donors (Lipinski definition) is 1. The number of hydrogen-bond acceptors (Lipinski definition) is 5. The molecule has 1 amide bonds. The number of nitrogens with one attached hydrogen (secondary N) is 1. The minimum atomic E-state index is -4.69. The predicted molar refractivity (Wildman–Crippen MR) is 102 cm³/mol. The van der Waals surface area contributed by atoms with Crippen LogP contribution in [-0.4, -0.2) is 40.5 Å². The van der Waals surface area contributed by atoms with Crippen LogP contribution in [-0.2, 0) is 30.5 Å². The summed E-state index contributed by atoms with van der Waals surface area (Å²) in [6.45, 7) is -0.940. The highest BCUT2D eigenvalue weighted by Gasteiger charge is 2.31. The van der Waals surface area contributed by atoms with Gasteiger partial charge in [0.05, 0.1) is 16.9 Å². The summed E-state index contributed by atoms with van der Waals surface area (Å²) in [5.74, 6) is -1.32. The molecule has 1 N–H and O–H groups in total. The molecule has 7 nitrogen and oxygen atoms in total. The second kappa shape index (κ2) is 9.72. The highest BCUT2D eigenvalue weighted by Crippen LogP contribution is 2.30. The van der Waals surface area contributed by atoms with Crippen molar-refractivity contribution in [2.24, 2.45) is 0 Å². The summed E-state index contributed by atoms with van der Waals surface area (Å²) < 4.78 is 69.2. The van der Waals surface area contributed by atoms with Crippen molar-refractivity contribution in [3.8, 4) is 0 Å². The van der Waals surface area contributed by atoms with E-state index >= 15 is 0 Å². The lowest BCUT2D eigenvalue weighted by atomic mass is 10.2. The third kappa shape index (κ3) is 6.56. The number of nitrogens with zero attached hydrogens (tertiary/aromatic N) is 1. The minimum absolute atomic E-state index is 0.402. The van der Waals surface area contributed by atoms with E-state index < -0.39 is 58.1 Å². The van der Waals surface area contributed by atoms with Gasteiger partial charge in [0, 0.05) is 19.3 Å². The number of alkyl halides is 3. The number of halogens is 3. The molecule has 0 aliphatic heterocycles. The van der Waals surface area contributed by atoms with Crippen LogP contribution in [0.1, 0.15) is 12.0 Å². The van der Waals surface area contributed by atoms with Gasteiger partial charge in [-0.1, -0.05) is 24.3 Å². The van der Waals surface area contributed by atoms with Gasteiger partial charge in [-0.3, -0.25) is 9.59 Å². The summed E-state index contributed by atoms with van der Waals surface area (Å²) in [7, 11) is -2.74. The van der Waals surface area contributed by atoms with E-state index in [9.17, 15) is 31.2 Å². The third-order valence-corrected chi connectivity index (χ3v) is 5.43. The van der Waals surface area contributed by atoms with Gasteiger partial charge in [0.1, 0.15) is 0 Å². The second-order valence-corrected chi connectivity index (χ2v) is 7.89. The molecule has 162 valence electrons. The smallest absolute Gasteiger partial charge is 0.416 e. The van der Waals surface area contributed by atoms with Crippen LogP contribution in [0.25, 0.3) is 0 Å². The molecule has 0 bridgehead atoms. The summed E-state index contributed by atoms with van der Waals surface area (Å²) in [4.78, 5) is 24.5. The molecule has 0 aromatic heterocycles. The lowest BCUT2D eigenvalue weighted by molar-refractivity contribution is -0.147. The lowest BCUT2D eigenvalue weighted by Gasteiger charge is -2.17. The van der Waals surface area contributed by atoms with E-state index in [-0.39, 0.29) is 0 Å². The highest BCUT2D eigenvalue weighted by molar-refractivity contribution is 7.89. The molecule has 0 radical (unpaired) electrons. The number of benzene rings is 2. The Bertz CT molecular complexity index is 995. The number of amides is 1. The summed E-state index contributed by atoms with van der Waals surface area (Å²) in [6, 6.07) is 11.9. The molecule has 0 heterocycles. The van der Waals surface area contributed by atoms with Gasteiger partial charge in [-0.15, -0.1) is 0 Å². The van der Waals surface area contributed by atoms with Gasteiger partial charge in [-0.2, -0.15) is 13.2 Å². The molecule has 11 heteroatoms. The highest BCUT2D eigenvalue weighted by atomic mass is 32.2. The van der Waals surface area contributed by atoms with Crippen LogP contribution >= 0.6 is 0 Å². The first-order valence-electron chi connectivity index (χ1n) is 8.65. The molecule has 0 atom stereocenters. The number of carbonyl (C=O) groups is 2. The second-order valence-electron chi connectivity index (χ2n) is 6.12. The molecular weight excluding hydrogens is 425 g/mol. The molecule has 2 rings (SSSR count). The standard InChI is InChI=1S/C19H19F3N2O5S/c1-24(15-7-3-2-4-8-15)17(25)13-29-18(26)10-11-23-30(27,28)16-9-5-6-14(12-16)19(20,21)22/h2-9,12,23H,10-11,13H2,1H3. The molecule has 0 saturated heterocycles. The van der Waals surface area contributed by atoms with Gasteiger partial charge in [-0.05, 0) is 30.3 Å². The molecule has 0 aliphatic carbocycles. The Morgan fingerprint density at radius 3 is 2.37 bits per heavy atom. The molecular formula is C19H19F3N2O5S. The first kappa shape index (κ1) is 23.4. The van der Waals surface area contributed by atoms with Gasteiger partial charge >= 0.3 is 12.1 Å². The Labute approximate surface area is 171 Å². The number of anilines is 1. The fraction of sp³-hybridized carbons (Fsp3) is 0.263. The minimum Gasteiger partial charge on any atom is -0.456 e. The normalized spacial score (nSPS) is 11.7. The van der Waals surface area contributed by atoms with Gasteiger partial charge in [0.25, 0.3) is 5.91 Å². The average Bonchev–Trinajstić information content (AvgIpc) is 2.71. The van der Waals surface area contributed by atoms with E-state index in [4.69, 9.17) is 4.74 Å². The summed E-state index contributed by atoms with van der Waals surface area (Å²) in [5, 5.41) is 0. The largest absolute Gasteiger partial charge is 0.456 e. The van der Waals surface area contributed by atoms with E-state index in [1.54, 1.807) is 30.3 Å². The Balaban J connectivity index is 1.83. The van der Waals surface area contributed by atoms with Crippen molar-refractivity contribution in [2.75, 3.05) is 25.1 Å². The molecule has 2 aromatic carbocycles. The third-order valence-electron chi connectivity index (χ3n) is 3.97. The summed E-state index contributed by atoms with van der Waals surface area (Å²) >= 11 is 0. The van der Waals surface area contributed by atoms with Crippen LogP contribution in [0, 0.1) is 0 Å². The number of esters is 1. The Hall–Kier alpha value is -2.92. The van der Waals surface area contributed by atoms with E-state index in [0.29, 0.717) is 11.8 Å². The maximum Gasteiger partial charge on any atom is 0.416 e. The van der Waals surface area contributed by atoms with Gasteiger partial charge in [-0.25, -0.2) is 13.1 Å². The summed E-state index contributed by atoms with van der Waals surface area (Å²) in [6.07, 6.45) is -5.09. The zero-order valence-electron chi connectivity index (χ0n) is 15.8. The topological polar surface area (TPSA) is 92.8 Å². The number of likely N-dealkylation sites (N-methyl/N-ethyl adjacent to an activating group) is 1. The molecule has 0 spiro atoms. The molecule has 0 aliphatic rings. The monoisotopic (exact) mass is 444 g/mol. The number of carbonyl (C=O) groups excluding carboxylic acids is 2. The quantitative estimate of drug-likeness (QED) is 0.632. The van der Waals surface area contributed by atoms with Crippen LogP contribution in [0.3, 0.4) is 0 Å². The Kier molecular flexibility index (Phi) is 7.57. The average molecular weight is 444 g/mol. The van der Waals surface area contributed by atoms with E-state index in [1.807, 2.05) is 4.72 Å². The number of ether oxygens (including phenoxy) is 1. The fourth-order valence-electron chi connectivity index (χ4n) is 2.32. The number of rotatable bonds is 8. The zero-order valence-corrected chi connectivity index (χ0v) is 16.7. The molecule has 30 heavy (non-hydrogen) atoms. The molecule has 0 saturated carbocycles. The van der Waals surface area contributed by atoms with Crippen LogP contribution in [0.15, 0.2) is 59.5 Å². The van der Waals surface area contributed by atoms with Crippen LogP contribution in [0.2, 0.25) is 0 Å². The Morgan fingerprint density at radius 1 is 1.07 bits per heavy atom. The molecule has 0 fully saturated rings. The van der Waals surface area contributed by atoms with Crippen molar-refractivity contribution in [1.82, 2.24) is 4.72 Å². The molecule has 0 unspecified atom stereocenters. The van der Waals surface area contributed by atoms with Crippen molar-refractivity contribution >= 4 is 27.6 Å². The predicted octanol–water partition coefficient (Wildman–Crippen LogP) is 2.58. The van der Waals surface area contributed by atoms with Gasteiger partial charge in [0.15, 0.2) is 6.61 Å². The lowest BCUT2D eigenvalue weighted by Crippen LogP contribution is -2.32. The van der Waals surface area contributed by atoms with E-state index in [2.05, 4.69) is 0 Å².